The Morgan fingerprint density at radius 3 is 2.40 bits per heavy atom. The van der Waals surface area contributed by atoms with Gasteiger partial charge in [0.2, 0.25) is 5.91 Å². The molecule has 3 amide bonds. The van der Waals surface area contributed by atoms with Gasteiger partial charge in [-0.05, 0) is 97.7 Å². The van der Waals surface area contributed by atoms with E-state index in [0.29, 0.717) is 36.3 Å². The van der Waals surface area contributed by atoms with Gasteiger partial charge in [0.05, 0.1) is 36.8 Å². The maximum atomic E-state index is 16.2. The van der Waals surface area contributed by atoms with Crippen molar-refractivity contribution < 1.29 is 33.4 Å². The van der Waals surface area contributed by atoms with Crippen LogP contribution in [0.2, 0.25) is 0 Å². The molecule has 1 aliphatic carbocycles. The number of amides is 3. The number of H-pyrrole nitrogens is 1. The molecule has 4 aromatic rings. The van der Waals surface area contributed by atoms with Gasteiger partial charge in [-0.3, -0.25) is 19.3 Å². The maximum absolute atomic E-state index is 16.2. The van der Waals surface area contributed by atoms with Crippen LogP contribution in [0.25, 0.3) is 28.1 Å². The Hall–Kier alpha value is -6.28. The zero-order valence-corrected chi connectivity index (χ0v) is 37.3. The van der Waals surface area contributed by atoms with Crippen molar-refractivity contribution in [1.82, 2.24) is 30.8 Å². The number of benzene rings is 3. The number of para-hydroxylation sites is 1. The number of carboxylic acid groups (broad SMARTS) is 1. The molecule has 4 aliphatic heterocycles. The summed E-state index contributed by atoms with van der Waals surface area (Å²) in [5.41, 5.74) is 8.42. The summed E-state index contributed by atoms with van der Waals surface area (Å²) >= 11 is 0. The predicted octanol–water partition coefficient (Wildman–Crippen LogP) is 8.35. The van der Waals surface area contributed by atoms with E-state index in [-0.39, 0.29) is 48.0 Å². The first-order chi connectivity index (χ1) is 30.5. The third-order valence-corrected chi connectivity index (χ3v) is 12.2. The molecular formula is C49H60FN7O6. The largest absolute Gasteiger partial charge is 0.483 e. The third-order valence-electron chi connectivity index (χ3n) is 12.2. The summed E-state index contributed by atoms with van der Waals surface area (Å²) in [7, 11) is 3.12. The highest BCUT2D eigenvalue weighted by Gasteiger charge is 2.40. The van der Waals surface area contributed by atoms with Crippen LogP contribution in [0.1, 0.15) is 95.3 Å². The molecule has 63 heavy (non-hydrogen) atoms. The Labute approximate surface area is 369 Å². The highest BCUT2D eigenvalue weighted by Crippen LogP contribution is 2.44. The SMILES string of the molecule is CC.CCc1cccc2c1N(C1=C3CC(C=C(c4ccc(-c5ccc(-c6cnc(C7CCCN7C(=O)C(NC)C(C)C)[nH]6)cc5)c(F)c4)N1)C3)C(=O)C(NC(=O)OC)CC2.O=CO. The van der Waals surface area contributed by atoms with E-state index in [1.54, 1.807) is 23.2 Å². The molecule has 0 spiro atoms. The van der Waals surface area contributed by atoms with Crippen LogP contribution in [0.15, 0.2) is 84.3 Å². The second-order valence-electron chi connectivity index (χ2n) is 16.3. The average Bonchev–Trinajstić information content (AvgIpc) is 3.86. The van der Waals surface area contributed by atoms with Gasteiger partial charge in [-0.1, -0.05) is 95.3 Å². The normalized spacial score (nSPS) is 18.6. The lowest BCUT2D eigenvalue weighted by atomic mass is 9.80. The number of aromatic amines is 1. The molecule has 0 radical (unpaired) electrons. The van der Waals surface area contributed by atoms with Crippen molar-refractivity contribution in [3.05, 3.63) is 113 Å². The van der Waals surface area contributed by atoms with E-state index in [9.17, 15) is 14.4 Å². The number of hydrogen-bond donors (Lipinski definition) is 5. The molecule has 5 heterocycles. The molecular weight excluding hydrogens is 802 g/mol. The molecule has 3 atom stereocenters. The van der Waals surface area contributed by atoms with Crippen LogP contribution < -0.4 is 20.9 Å². The van der Waals surface area contributed by atoms with Gasteiger partial charge in [0.15, 0.2) is 0 Å². The number of halogens is 1. The van der Waals surface area contributed by atoms with E-state index in [2.05, 4.69) is 33.9 Å². The highest BCUT2D eigenvalue weighted by atomic mass is 19.1. The number of likely N-dealkylation sites (tertiary alicyclic amines) is 1. The smallest absolute Gasteiger partial charge is 0.407 e. The zero-order chi connectivity index (χ0) is 45.4. The highest BCUT2D eigenvalue weighted by molar-refractivity contribution is 6.03. The predicted molar refractivity (Wildman–Crippen MR) is 243 cm³/mol. The van der Waals surface area contributed by atoms with Gasteiger partial charge in [-0.25, -0.2) is 14.2 Å². The number of aryl methyl sites for hydroxylation is 2. The van der Waals surface area contributed by atoms with Crippen LogP contribution in [-0.4, -0.2) is 77.1 Å². The Morgan fingerprint density at radius 2 is 1.75 bits per heavy atom. The van der Waals surface area contributed by atoms with Crippen LogP contribution >= 0.6 is 0 Å². The minimum absolute atomic E-state index is 0.0997. The fourth-order valence-corrected chi connectivity index (χ4v) is 9.06. The molecule has 1 saturated carbocycles. The molecule has 1 aromatic heterocycles. The van der Waals surface area contributed by atoms with E-state index in [1.165, 1.54) is 7.11 Å². The van der Waals surface area contributed by atoms with Gasteiger partial charge < -0.3 is 35.7 Å². The van der Waals surface area contributed by atoms with Crippen molar-refractivity contribution >= 4 is 35.8 Å². The number of rotatable bonds is 10. The van der Waals surface area contributed by atoms with E-state index in [1.807, 2.05) is 88.2 Å². The number of fused-ring (bicyclic) bond motifs is 3. The molecule has 1 saturated heterocycles. The maximum Gasteiger partial charge on any atom is 0.407 e. The second-order valence-corrected chi connectivity index (χ2v) is 16.3. The minimum atomic E-state index is -0.779. The molecule has 14 heteroatoms. The van der Waals surface area contributed by atoms with E-state index >= 15 is 4.39 Å². The van der Waals surface area contributed by atoms with Crippen molar-refractivity contribution in [3.63, 3.8) is 0 Å². The summed E-state index contributed by atoms with van der Waals surface area (Å²) < 4.78 is 21.0. The van der Waals surface area contributed by atoms with Crippen LogP contribution in [0.5, 0.6) is 0 Å². The van der Waals surface area contributed by atoms with E-state index in [4.69, 9.17) is 19.6 Å². The molecule has 2 bridgehead atoms. The van der Waals surface area contributed by atoms with Crippen LogP contribution in [0.3, 0.4) is 0 Å². The van der Waals surface area contributed by atoms with Crippen molar-refractivity contribution in [3.8, 4) is 22.4 Å². The first kappa shape index (κ1) is 46.2. The van der Waals surface area contributed by atoms with Crippen LogP contribution in [0, 0.1) is 17.7 Å². The lowest BCUT2D eigenvalue weighted by Gasteiger charge is -2.34. The van der Waals surface area contributed by atoms with Crippen molar-refractivity contribution in [2.75, 3.05) is 25.6 Å². The summed E-state index contributed by atoms with van der Waals surface area (Å²) in [6.45, 7) is 10.6. The molecule has 3 unspecified atom stereocenters. The monoisotopic (exact) mass is 861 g/mol. The number of anilines is 1. The standard InChI is InChI=1S/C46H52FN7O4.C2H6.CH2O2/c1-6-28-9-7-10-31-17-19-36(52-46(57)58-5)44(55)54(41(28)31)43-33-21-27(22-33)23-37(51-43)32-16-18-34(35(47)24-32)29-12-14-30(15-13-29)38-25-49-42(50-38)39-11-8-20-53(39)45(56)40(48-4)26(2)3;1-2;2-1-3/h7,9-10,12-16,18,23-27,36,39-40,48,51H,6,8,11,17,19-22H2,1-5H3,(H,49,50)(H,52,57);1-2H3;1H,(H,2,3). The number of imidazole rings is 1. The summed E-state index contributed by atoms with van der Waals surface area (Å²) in [6.07, 6.45) is 8.41. The first-order valence-electron chi connectivity index (χ1n) is 22.0. The number of allylic oxidation sites excluding steroid dienone is 2. The fraction of sp³-hybridized carbons (Fsp3) is 0.408. The van der Waals surface area contributed by atoms with E-state index < -0.39 is 12.1 Å². The van der Waals surface area contributed by atoms with Crippen LogP contribution in [0.4, 0.5) is 14.9 Å². The topological polar surface area (TPSA) is 169 Å². The molecule has 2 fully saturated rings. The fourth-order valence-electron chi connectivity index (χ4n) is 9.06. The molecule has 9 rings (SSSR count). The number of aromatic nitrogens is 2. The van der Waals surface area contributed by atoms with Gasteiger partial charge >= 0.3 is 6.09 Å². The quantitative estimate of drug-likeness (QED) is 0.0985. The number of alkyl carbamates (subject to hydrolysis) is 1. The zero-order valence-electron chi connectivity index (χ0n) is 37.3. The lowest BCUT2D eigenvalue weighted by molar-refractivity contribution is -0.135. The third kappa shape index (κ3) is 9.70. The Balaban J connectivity index is 0.00000127. The average molecular weight is 862 g/mol. The van der Waals surface area contributed by atoms with Gasteiger partial charge in [-0.15, -0.1) is 0 Å². The number of ether oxygens (including phenoxy) is 1. The number of carbonyl (C=O) groups is 4. The summed E-state index contributed by atoms with van der Waals surface area (Å²) in [4.78, 5) is 60.4. The summed E-state index contributed by atoms with van der Waals surface area (Å²) in [6, 6.07) is 18.0. The van der Waals surface area contributed by atoms with Gasteiger partial charge in [0.25, 0.3) is 12.4 Å². The van der Waals surface area contributed by atoms with E-state index in [0.717, 1.165) is 82.8 Å². The van der Waals surface area contributed by atoms with Crippen LogP contribution in [-0.2, 0) is 32.0 Å². The number of nitrogens with one attached hydrogen (secondary N) is 4. The molecule has 5 aliphatic rings. The molecule has 3 aromatic carbocycles. The van der Waals surface area contributed by atoms with Gasteiger partial charge in [-0.2, -0.15) is 0 Å². The van der Waals surface area contributed by atoms with Crippen molar-refractivity contribution in [2.24, 2.45) is 11.8 Å². The van der Waals surface area contributed by atoms with Crippen molar-refractivity contribution in [1.29, 1.82) is 0 Å². The summed E-state index contributed by atoms with van der Waals surface area (Å²) in [5.74, 6) is 1.38. The molecule has 5 N–H and O–H groups in total. The number of methoxy groups -OCH3 is 1. The Morgan fingerprint density at radius 1 is 1.05 bits per heavy atom. The van der Waals surface area contributed by atoms with Gasteiger partial charge in [0.1, 0.15) is 23.5 Å². The Kier molecular flexibility index (Phi) is 15.2. The number of likely N-dealkylation sites (N-methyl/N-ethyl adjacent to an activating group) is 1. The Bertz CT molecular complexity index is 2350. The lowest BCUT2D eigenvalue weighted by Crippen LogP contribution is -2.50. The molecule has 334 valence electrons. The minimum Gasteiger partial charge on any atom is -0.483 e. The number of hydrogen-bond acceptors (Lipinski definition) is 8. The first-order valence-corrected chi connectivity index (χ1v) is 22.0. The summed E-state index contributed by atoms with van der Waals surface area (Å²) in [5, 5.41) is 16.4. The second kappa shape index (κ2) is 20.7. The van der Waals surface area contributed by atoms with Gasteiger partial charge in [0, 0.05) is 23.4 Å². The number of nitrogens with zero attached hydrogens (tertiary/aromatic N) is 3. The number of carbonyl (C=O) groups excluding carboxylic acids is 3. The van der Waals surface area contributed by atoms with Crippen molar-refractivity contribution in [2.45, 2.75) is 97.7 Å². The molecule has 13 nitrogen and oxygen atoms in total.